The van der Waals surface area contributed by atoms with E-state index in [1.54, 1.807) is 6.92 Å². The Hall–Kier alpha value is -1.93. The lowest BCUT2D eigenvalue weighted by Crippen LogP contribution is -2.38. The van der Waals surface area contributed by atoms with E-state index in [1.165, 1.54) is 0 Å². The Labute approximate surface area is 122 Å². The fourth-order valence-corrected chi connectivity index (χ4v) is 3.64. The molecule has 21 heavy (non-hydrogen) atoms. The summed E-state index contributed by atoms with van der Waals surface area (Å²) in [6.45, 7) is 2.42. The Morgan fingerprint density at radius 2 is 2.29 bits per heavy atom. The van der Waals surface area contributed by atoms with Gasteiger partial charge >= 0.3 is 11.7 Å². The second kappa shape index (κ2) is 5.12. The number of aromatic nitrogens is 2. The number of aromatic carboxylic acids is 1. The molecule has 0 bridgehead atoms. The van der Waals surface area contributed by atoms with E-state index in [-0.39, 0.29) is 22.9 Å². The molecule has 1 saturated heterocycles. The number of rotatable bonds is 3. The molecule has 7 nitrogen and oxygen atoms in total. The van der Waals surface area contributed by atoms with Gasteiger partial charge in [0.2, 0.25) is 0 Å². The normalized spacial score (nSPS) is 18.4. The maximum absolute atomic E-state index is 12.5. The van der Waals surface area contributed by atoms with E-state index < -0.39 is 17.2 Å². The minimum Gasteiger partial charge on any atom is -0.477 e. The number of carboxylic acids is 1. The number of fused-ring (bicyclic) bond motifs is 1. The lowest BCUT2D eigenvalue weighted by molar-refractivity contribution is 0.0701. The Morgan fingerprint density at radius 3 is 2.90 bits per heavy atom. The van der Waals surface area contributed by atoms with E-state index in [2.05, 4.69) is 4.98 Å². The van der Waals surface area contributed by atoms with E-state index >= 15 is 0 Å². The Bertz CT molecular complexity index is 825. The van der Waals surface area contributed by atoms with Gasteiger partial charge in [-0.2, -0.15) is 0 Å². The molecule has 2 aromatic rings. The number of thiophene rings is 1. The van der Waals surface area contributed by atoms with Crippen LogP contribution in [-0.2, 0) is 11.3 Å². The zero-order valence-electron chi connectivity index (χ0n) is 11.3. The van der Waals surface area contributed by atoms with Gasteiger partial charge in [0.1, 0.15) is 9.71 Å². The Morgan fingerprint density at radius 1 is 1.52 bits per heavy atom. The van der Waals surface area contributed by atoms with Crippen molar-refractivity contribution in [1.29, 1.82) is 0 Å². The number of ether oxygens (including phenoxy) is 1. The molecule has 1 aliphatic heterocycles. The largest absolute Gasteiger partial charge is 0.477 e. The predicted molar refractivity (Wildman–Crippen MR) is 77.4 cm³/mol. The van der Waals surface area contributed by atoms with E-state index in [4.69, 9.17) is 9.84 Å². The molecule has 1 atom stereocenters. The molecule has 0 amide bonds. The van der Waals surface area contributed by atoms with Crippen LogP contribution in [-0.4, -0.2) is 33.3 Å². The lowest BCUT2D eigenvalue weighted by atomic mass is 10.2. The van der Waals surface area contributed by atoms with Gasteiger partial charge in [-0.25, -0.2) is 9.59 Å². The molecule has 2 N–H and O–H groups in total. The maximum atomic E-state index is 12.5. The molecule has 0 radical (unpaired) electrons. The number of carbonyl (C=O) groups is 1. The third-order valence-electron chi connectivity index (χ3n) is 3.68. The van der Waals surface area contributed by atoms with Crippen LogP contribution in [0.2, 0.25) is 0 Å². The lowest BCUT2D eigenvalue weighted by Gasteiger charge is -2.10. The van der Waals surface area contributed by atoms with Crippen LogP contribution in [0, 0.1) is 6.92 Å². The summed E-state index contributed by atoms with van der Waals surface area (Å²) in [4.78, 5) is 38.7. The van der Waals surface area contributed by atoms with E-state index in [0.717, 1.165) is 28.7 Å². The summed E-state index contributed by atoms with van der Waals surface area (Å²) < 4.78 is 6.55. The second-order valence-corrected chi connectivity index (χ2v) is 6.07. The number of carboxylic acid groups (broad SMARTS) is 1. The highest BCUT2D eigenvalue weighted by Crippen LogP contribution is 2.26. The number of aryl methyl sites for hydroxylation is 1. The summed E-state index contributed by atoms with van der Waals surface area (Å²) in [5.74, 6) is -1.10. The number of nitrogens with one attached hydrogen (secondary N) is 1. The van der Waals surface area contributed by atoms with Crippen molar-refractivity contribution in [3.63, 3.8) is 0 Å². The van der Waals surface area contributed by atoms with Crippen LogP contribution in [0.3, 0.4) is 0 Å². The van der Waals surface area contributed by atoms with Gasteiger partial charge in [0.25, 0.3) is 5.56 Å². The molecule has 0 unspecified atom stereocenters. The molecule has 3 rings (SSSR count). The highest BCUT2D eigenvalue weighted by Gasteiger charge is 2.22. The molecule has 0 aliphatic carbocycles. The number of hydrogen-bond acceptors (Lipinski definition) is 5. The average molecular weight is 310 g/mol. The van der Waals surface area contributed by atoms with Gasteiger partial charge in [0, 0.05) is 6.61 Å². The zero-order valence-corrected chi connectivity index (χ0v) is 12.2. The first-order chi connectivity index (χ1) is 9.99. The third kappa shape index (κ3) is 2.30. The summed E-state index contributed by atoms with van der Waals surface area (Å²) >= 11 is 0.912. The molecule has 0 saturated carbocycles. The summed E-state index contributed by atoms with van der Waals surface area (Å²) in [6.07, 6.45) is 1.59. The van der Waals surface area contributed by atoms with Crippen molar-refractivity contribution in [2.24, 2.45) is 0 Å². The SMILES string of the molecule is Cc1c(C(=O)O)sc2[nH]c(=O)n(C[C@H]3CCCO3)c(=O)c12. The van der Waals surface area contributed by atoms with E-state index in [1.807, 2.05) is 0 Å². The number of hydrogen-bond donors (Lipinski definition) is 2. The Balaban J connectivity index is 2.17. The van der Waals surface area contributed by atoms with Gasteiger partial charge < -0.3 is 9.84 Å². The second-order valence-electron chi connectivity index (χ2n) is 5.05. The van der Waals surface area contributed by atoms with Gasteiger partial charge in [0.15, 0.2) is 0 Å². The fourth-order valence-electron chi connectivity index (χ4n) is 2.61. The van der Waals surface area contributed by atoms with Gasteiger partial charge in [-0.3, -0.25) is 14.3 Å². The smallest absolute Gasteiger partial charge is 0.346 e. The Kier molecular flexibility index (Phi) is 3.42. The molecule has 2 aromatic heterocycles. The molecule has 112 valence electrons. The minimum absolute atomic E-state index is 0.0765. The van der Waals surface area contributed by atoms with Crippen LogP contribution in [0.4, 0.5) is 0 Å². The topological polar surface area (TPSA) is 101 Å². The zero-order chi connectivity index (χ0) is 15.1. The highest BCUT2D eigenvalue weighted by molar-refractivity contribution is 7.20. The summed E-state index contributed by atoms with van der Waals surface area (Å²) in [5, 5.41) is 9.39. The van der Waals surface area contributed by atoms with Crippen molar-refractivity contribution in [2.45, 2.75) is 32.4 Å². The van der Waals surface area contributed by atoms with Gasteiger partial charge in [-0.15, -0.1) is 11.3 Å². The quantitative estimate of drug-likeness (QED) is 0.878. The molecule has 1 aliphatic rings. The predicted octanol–water partition coefficient (Wildman–Crippen LogP) is 0.937. The monoisotopic (exact) mass is 310 g/mol. The standard InChI is InChI=1S/C13H14N2O5S/c1-6-8-10(21-9(6)12(17)18)14-13(19)15(11(8)16)5-7-3-2-4-20-7/h7H,2-5H2,1H3,(H,14,19)(H,17,18)/t7-/m1/s1. The van der Waals surface area contributed by atoms with Crippen molar-refractivity contribution in [3.05, 3.63) is 31.3 Å². The first-order valence-corrected chi connectivity index (χ1v) is 7.42. The molecule has 0 aromatic carbocycles. The van der Waals surface area contributed by atoms with Crippen LogP contribution in [0.25, 0.3) is 10.2 Å². The van der Waals surface area contributed by atoms with Crippen LogP contribution in [0.15, 0.2) is 9.59 Å². The van der Waals surface area contributed by atoms with Crippen molar-refractivity contribution < 1.29 is 14.6 Å². The van der Waals surface area contributed by atoms with Gasteiger partial charge in [-0.1, -0.05) is 0 Å². The molecule has 0 spiro atoms. The number of H-pyrrole nitrogens is 1. The highest BCUT2D eigenvalue weighted by atomic mass is 32.1. The fraction of sp³-hybridized carbons (Fsp3) is 0.462. The number of nitrogens with zero attached hydrogens (tertiary/aromatic N) is 1. The average Bonchev–Trinajstić information content (AvgIpc) is 3.02. The molecular weight excluding hydrogens is 296 g/mol. The molecular formula is C13H14N2O5S. The van der Waals surface area contributed by atoms with Gasteiger partial charge in [0.05, 0.1) is 18.0 Å². The van der Waals surface area contributed by atoms with Crippen LogP contribution < -0.4 is 11.2 Å². The van der Waals surface area contributed by atoms with Crippen molar-refractivity contribution in [2.75, 3.05) is 6.61 Å². The first kappa shape index (κ1) is 14.0. The van der Waals surface area contributed by atoms with Crippen LogP contribution >= 0.6 is 11.3 Å². The molecule has 8 heteroatoms. The van der Waals surface area contributed by atoms with E-state index in [9.17, 15) is 14.4 Å². The maximum Gasteiger partial charge on any atom is 0.346 e. The van der Waals surface area contributed by atoms with Crippen molar-refractivity contribution >= 4 is 27.5 Å². The molecule has 3 heterocycles. The first-order valence-electron chi connectivity index (χ1n) is 6.60. The van der Waals surface area contributed by atoms with Crippen molar-refractivity contribution in [3.8, 4) is 0 Å². The summed E-state index contributed by atoms with van der Waals surface area (Å²) in [5.41, 5.74) is -0.587. The number of aromatic amines is 1. The van der Waals surface area contributed by atoms with Crippen LogP contribution in [0.1, 0.15) is 28.1 Å². The van der Waals surface area contributed by atoms with Gasteiger partial charge in [-0.05, 0) is 25.3 Å². The van der Waals surface area contributed by atoms with Crippen molar-refractivity contribution in [1.82, 2.24) is 9.55 Å². The summed E-state index contributed by atoms with van der Waals surface area (Å²) in [7, 11) is 0. The molecule has 1 fully saturated rings. The summed E-state index contributed by atoms with van der Waals surface area (Å²) in [6, 6.07) is 0. The minimum atomic E-state index is -1.10. The van der Waals surface area contributed by atoms with E-state index in [0.29, 0.717) is 17.0 Å². The van der Waals surface area contributed by atoms with Crippen LogP contribution in [0.5, 0.6) is 0 Å². The third-order valence-corrected chi connectivity index (χ3v) is 4.87.